The normalized spacial score (nSPS) is 15.3. The predicted molar refractivity (Wildman–Crippen MR) is 76.6 cm³/mol. The monoisotopic (exact) mass is 298 g/mol. The van der Waals surface area contributed by atoms with E-state index in [1.54, 1.807) is 0 Å². The van der Waals surface area contributed by atoms with Gasteiger partial charge in [-0.3, -0.25) is 9.59 Å². The maximum absolute atomic E-state index is 11.9. The summed E-state index contributed by atoms with van der Waals surface area (Å²) in [4.78, 5) is 31.5. The van der Waals surface area contributed by atoms with Crippen LogP contribution in [-0.4, -0.2) is 52.8 Å². The SMILES string of the molecule is Nc1cc(=O)[nH]c(SCCCC(=O)N2CCOCC2)n1. The van der Waals surface area contributed by atoms with E-state index in [-0.39, 0.29) is 17.3 Å². The van der Waals surface area contributed by atoms with E-state index in [0.29, 0.717) is 43.6 Å². The number of morpholine rings is 1. The minimum atomic E-state index is -0.260. The van der Waals surface area contributed by atoms with Crippen LogP contribution in [0.5, 0.6) is 0 Å². The third-order valence-corrected chi connectivity index (χ3v) is 3.84. The molecule has 8 heteroatoms. The van der Waals surface area contributed by atoms with Gasteiger partial charge in [0.15, 0.2) is 5.16 Å². The topological polar surface area (TPSA) is 101 Å². The zero-order valence-electron chi connectivity index (χ0n) is 11.1. The Labute approximate surface area is 120 Å². The number of amides is 1. The van der Waals surface area contributed by atoms with Gasteiger partial charge in [0, 0.05) is 31.3 Å². The number of ether oxygens (including phenoxy) is 1. The van der Waals surface area contributed by atoms with Crippen LogP contribution >= 0.6 is 11.8 Å². The molecule has 1 aromatic rings. The molecule has 2 rings (SSSR count). The molecule has 0 saturated carbocycles. The first-order chi connectivity index (χ1) is 9.65. The third-order valence-electron chi connectivity index (χ3n) is 2.88. The lowest BCUT2D eigenvalue weighted by Crippen LogP contribution is -2.40. The summed E-state index contributed by atoms with van der Waals surface area (Å²) in [6, 6.07) is 1.24. The number of H-pyrrole nitrogens is 1. The van der Waals surface area contributed by atoms with Crippen molar-refractivity contribution in [2.45, 2.75) is 18.0 Å². The standard InChI is InChI=1S/C12H18N4O3S/c13-9-8-10(17)15-12(14-9)20-7-1-2-11(18)16-3-5-19-6-4-16/h8H,1-7H2,(H3,13,14,15,17). The van der Waals surface area contributed by atoms with Crippen LogP contribution in [0.2, 0.25) is 0 Å². The molecule has 1 aliphatic heterocycles. The summed E-state index contributed by atoms with van der Waals surface area (Å²) >= 11 is 1.40. The summed E-state index contributed by atoms with van der Waals surface area (Å²) in [5.41, 5.74) is 5.23. The highest BCUT2D eigenvalue weighted by molar-refractivity contribution is 7.99. The number of aromatic amines is 1. The zero-order valence-corrected chi connectivity index (χ0v) is 11.9. The second kappa shape index (κ2) is 7.30. The van der Waals surface area contributed by atoms with E-state index in [1.807, 2.05) is 4.90 Å². The molecule has 7 nitrogen and oxygen atoms in total. The van der Waals surface area contributed by atoms with Gasteiger partial charge in [0.2, 0.25) is 5.91 Å². The second-order valence-electron chi connectivity index (χ2n) is 4.42. The van der Waals surface area contributed by atoms with Crippen molar-refractivity contribution in [3.63, 3.8) is 0 Å². The van der Waals surface area contributed by atoms with Gasteiger partial charge in [-0.2, -0.15) is 0 Å². The molecule has 0 atom stereocenters. The van der Waals surface area contributed by atoms with E-state index in [0.717, 1.165) is 6.42 Å². The Hall–Kier alpha value is -1.54. The molecule has 110 valence electrons. The Bertz CT molecular complexity index is 514. The molecule has 0 aromatic carbocycles. The Morgan fingerprint density at radius 3 is 2.95 bits per heavy atom. The van der Waals surface area contributed by atoms with Gasteiger partial charge in [-0.1, -0.05) is 11.8 Å². The quantitative estimate of drug-likeness (QED) is 0.453. The number of aromatic nitrogens is 2. The molecule has 1 aromatic heterocycles. The Kier molecular flexibility index (Phi) is 5.42. The van der Waals surface area contributed by atoms with Gasteiger partial charge in [-0.05, 0) is 6.42 Å². The van der Waals surface area contributed by atoms with E-state index >= 15 is 0 Å². The highest BCUT2D eigenvalue weighted by atomic mass is 32.2. The number of nitrogen functional groups attached to an aromatic ring is 1. The number of carbonyl (C=O) groups excluding carboxylic acids is 1. The molecule has 1 fully saturated rings. The molecule has 20 heavy (non-hydrogen) atoms. The number of rotatable bonds is 5. The minimum Gasteiger partial charge on any atom is -0.383 e. The number of hydrogen-bond acceptors (Lipinski definition) is 6. The third kappa shape index (κ3) is 4.53. The average Bonchev–Trinajstić information content (AvgIpc) is 2.43. The van der Waals surface area contributed by atoms with Crippen molar-refractivity contribution in [1.82, 2.24) is 14.9 Å². The van der Waals surface area contributed by atoms with Gasteiger partial charge < -0.3 is 20.4 Å². The van der Waals surface area contributed by atoms with Crippen molar-refractivity contribution < 1.29 is 9.53 Å². The van der Waals surface area contributed by atoms with Gasteiger partial charge in [-0.25, -0.2) is 4.98 Å². The summed E-state index contributed by atoms with van der Waals surface area (Å²) in [5, 5.41) is 0.494. The largest absolute Gasteiger partial charge is 0.383 e. The predicted octanol–water partition coefficient (Wildman–Crippen LogP) is 0.0832. The Balaban J connectivity index is 1.70. The summed E-state index contributed by atoms with van der Waals surface area (Å²) in [7, 11) is 0. The number of anilines is 1. The van der Waals surface area contributed by atoms with Crippen LogP contribution in [0.3, 0.4) is 0 Å². The first kappa shape index (κ1) is 14.9. The van der Waals surface area contributed by atoms with Crippen molar-refractivity contribution in [2.24, 2.45) is 0 Å². The number of nitrogens with zero attached hydrogens (tertiary/aromatic N) is 2. The second-order valence-corrected chi connectivity index (χ2v) is 5.50. The van der Waals surface area contributed by atoms with E-state index in [2.05, 4.69) is 9.97 Å². The first-order valence-corrected chi connectivity index (χ1v) is 7.49. The van der Waals surface area contributed by atoms with Crippen molar-refractivity contribution in [1.29, 1.82) is 0 Å². The molecular weight excluding hydrogens is 280 g/mol. The molecule has 1 aliphatic rings. The van der Waals surface area contributed by atoms with E-state index in [9.17, 15) is 9.59 Å². The fourth-order valence-electron chi connectivity index (χ4n) is 1.88. The van der Waals surface area contributed by atoms with E-state index in [4.69, 9.17) is 10.5 Å². The number of carbonyl (C=O) groups is 1. The zero-order chi connectivity index (χ0) is 14.4. The number of hydrogen-bond donors (Lipinski definition) is 2. The van der Waals surface area contributed by atoms with Crippen molar-refractivity contribution >= 4 is 23.5 Å². The van der Waals surface area contributed by atoms with Gasteiger partial charge in [0.25, 0.3) is 5.56 Å². The lowest BCUT2D eigenvalue weighted by atomic mass is 10.3. The van der Waals surface area contributed by atoms with Gasteiger partial charge in [0.05, 0.1) is 13.2 Å². The van der Waals surface area contributed by atoms with Gasteiger partial charge in [-0.15, -0.1) is 0 Å². The summed E-state index contributed by atoms with van der Waals surface area (Å²) in [5.74, 6) is 1.08. The summed E-state index contributed by atoms with van der Waals surface area (Å²) in [6.07, 6.45) is 1.24. The van der Waals surface area contributed by atoms with Crippen LogP contribution < -0.4 is 11.3 Å². The van der Waals surface area contributed by atoms with Crippen molar-refractivity contribution in [3.05, 3.63) is 16.4 Å². The van der Waals surface area contributed by atoms with Crippen LogP contribution in [0.4, 0.5) is 5.82 Å². The van der Waals surface area contributed by atoms with E-state index < -0.39 is 0 Å². The summed E-state index contributed by atoms with van der Waals surface area (Å²) < 4.78 is 5.20. The number of nitrogens with one attached hydrogen (secondary N) is 1. The van der Waals surface area contributed by atoms with Gasteiger partial charge in [0.1, 0.15) is 5.82 Å². The molecule has 3 N–H and O–H groups in total. The molecule has 0 unspecified atom stereocenters. The smallest absolute Gasteiger partial charge is 0.253 e. The van der Waals surface area contributed by atoms with Crippen LogP contribution in [0.15, 0.2) is 16.0 Å². The van der Waals surface area contributed by atoms with Crippen molar-refractivity contribution in [2.75, 3.05) is 37.8 Å². The molecule has 0 radical (unpaired) electrons. The molecule has 0 bridgehead atoms. The van der Waals surface area contributed by atoms with Gasteiger partial charge >= 0.3 is 0 Å². The maximum atomic E-state index is 11.9. The molecule has 0 aliphatic carbocycles. The minimum absolute atomic E-state index is 0.155. The van der Waals surface area contributed by atoms with Crippen LogP contribution in [-0.2, 0) is 9.53 Å². The van der Waals surface area contributed by atoms with Crippen LogP contribution in [0.25, 0.3) is 0 Å². The van der Waals surface area contributed by atoms with Crippen LogP contribution in [0.1, 0.15) is 12.8 Å². The molecule has 1 saturated heterocycles. The maximum Gasteiger partial charge on any atom is 0.253 e. The Morgan fingerprint density at radius 1 is 1.50 bits per heavy atom. The molecule has 0 spiro atoms. The number of thioether (sulfide) groups is 1. The molecule has 1 amide bonds. The fourth-order valence-corrected chi connectivity index (χ4v) is 2.71. The Morgan fingerprint density at radius 2 is 2.25 bits per heavy atom. The first-order valence-electron chi connectivity index (χ1n) is 6.50. The summed E-state index contributed by atoms with van der Waals surface area (Å²) in [6.45, 7) is 2.59. The average molecular weight is 298 g/mol. The van der Waals surface area contributed by atoms with E-state index in [1.165, 1.54) is 17.8 Å². The lowest BCUT2D eigenvalue weighted by Gasteiger charge is -2.26. The molecule has 2 heterocycles. The highest BCUT2D eigenvalue weighted by Gasteiger charge is 2.15. The van der Waals surface area contributed by atoms with Crippen molar-refractivity contribution in [3.8, 4) is 0 Å². The molecular formula is C12H18N4O3S. The van der Waals surface area contributed by atoms with Crippen LogP contribution in [0, 0.1) is 0 Å². The number of nitrogens with two attached hydrogens (primary N) is 1. The fraction of sp³-hybridized carbons (Fsp3) is 0.583. The highest BCUT2D eigenvalue weighted by Crippen LogP contribution is 2.14. The lowest BCUT2D eigenvalue weighted by molar-refractivity contribution is -0.135.